The standard InChI is InChI=1S/C18H18F3N7O3/c1-9-16(28(30)31)10(2)26(24-9)6-5-22-17(29)13-8-15-23-12(11-3-4-11)7-14(18(19,20)21)27(15)25-13/h7-8,11H,3-6H2,1-2H3,(H,22,29). The van der Waals surface area contributed by atoms with Crippen LogP contribution in [0, 0.1) is 24.0 Å². The molecular weight excluding hydrogens is 419 g/mol. The van der Waals surface area contributed by atoms with Gasteiger partial charge in [-0.15, -0.1) is 0 Å². The molecule has 0 saturated heterocycles. The van der Waals surface area contributed by atoms with Crippen LogP contribution in [0.15, 0.2) is 12.1 Å². The van der Waals surface area contributed by atoms with Crippen LogP contribution in [0.25, 0.3) is 5.65 Å². The van der Waals surface area contributed by atoms with Crippen LogP contribution < -0.4 is 5.32 Å². The van der Waals surface area contributed by atoms with Gasteiger partial charge in [-0.3, -0.25) is 19.6 Å². The lowest BCUT2D eigenvalue weighted by Crippen LogP contribution is -2.28. The Morgan fingerprint density at radius 2 is 2.00 bits per heavy atom. The fourth-order valence-corrected chi connectivity index (χ4v) is 3.43. The third kappa shape index (κ3) is 3.94. The maximum atomic E-state index is 13.5. The minimum Gasteiger partial charge on any atom is -0.349 e. The van der Waals surface area contributed by atoms with E-state index in [-0.39, 0.29) is 41.7 Å². The molecule has 1 aliphatic carbocycles. The van der Waals surface area contributed by atoms with E-state index in [1.165, 1.54) is 17.7 Å². The van der Waals surface area contributed by atoms with E-state index >= 15 is 0 Å². The number of rotatable bonds is 6. The van der Waals surface area contributed by atoms with Gasteiger partial charge < -0.3 is 5.32 Å². The van der Waals surface area contributed by atoms with Gasteiger partial charge in [0.1, 0.15) is 17.1 Å². The van der Waals surface area contributed by atoms with E-state index in [2.05, 4.69) is 20.5 Å². The number of halogens is 3. The fourth-order valence-electron chi connectivity index (χ4n) is 3.43. The molecule has 4 rings (SSSR count). The monoisotopic (exact) mass is 437 g/mol. The molecule has 3 aromatic heterocycles. The highest BCUT2D eigenvalue weighted by atomic mass is 19.4. The lowest BCUT2D eigenvalue weighted by molar-refractivity contribution is -0.386. The largest absolute Gasteiger partial charge is 0.433 e. The summed E-state index contributed by atoms with van der Waals surface area (Å²) < 4.78 is 42.4. The van der Waals surface area contributed by atoms with Crippen molar-refractivity contribution < 1.29 is 22.9 Å². The van der Waals surface area contributed by atoms with Gasteiger partial charge in [-0.25, -0.2) is 9.50 Å². The summed E-state index contributed by atoms with van der Waals surface area (Å²) in [4.78, 5) is 27.2. The van der Waals surface area contributed by atoms with Crippen LogP contribution in [0.2, 0.25) is 0 Å². The van der Waals surface area contributed by atoms with E-state index in [9.17, 15) is 28.1 Å². The number of fused-ring (bicyclic) bond motifs is 1. The second-order valence-corrected chi connectivity index (χ2v) is 7.39. The van der Waals surface area contributed by atoms with Crippen molar-refractivity contribution in [3.8, 4) is 0 Å². The Kier molecular flexibility index (Phi) is 4.90. The summed E-state index contributed by atoms with van der Waals surface area (Å²) in [6, 6.07) is 2.19. The second kappa shape index (κ2) is 7.32. The van der Waals surface area contributed by atoms with Gasteiger partial charge in [0.15, 0.2) is 11.3 Å². The number of nitrogens with one attached hydrogen (secondary N) is 1. The van der Waals surface area contributed by atoms with Gasteiger partial charge in [0.25, 0.3) is 5.91 Å². The zero-order valence-electron chi connectivity index (χ0n) is 16.6. The first-order chi connectivity index (χ1) is 14.6. The topological polar surface area (TPSA) is 120 Å². The first-order valence-corrected chi connectivity index (χ1v) is 9.50. The van der Waals surface area contributed by atoms with Gasteiger partial charge in [0, 0.05) is 24.2 Å². The van der Waals surface area contributed by atoms with Crippen molar-refractivity contribution in [2.24, 2.45) is 0 Å². The number of amides is 1. The van der Waals surface area contributed by atoms with E-state index in [0.717, 1.165) is 18.9 Å². The van der Waals surface area contributed by atoms with Gasteiger partial charge in [0.2, 0.25) is 0 Å². The van der Waals surface area contributed by atoms with Crippen LogP contribution >= 0.6 is 0 Å². The highest BCUT2D eigenvalue weighted by Gasteiger charge is 2.37. The second-order valence-electron chi connectivity index (χ2n) is 7.39. The Morgan fingerprint density at radius 1 is 1.29 bits per heavy atom. The summed E-state index contributed by atoms with van der Waals surface area (Å²) in [5.74, 6) is -0.675. The SMILES string of the molecule is Cc1nn(CCNC(=O)c2cc3nc(C4CC4)cc(C(F)(F)F)n3n2)c(C)c1[N+](=O)[O-]. The van der Waals surface area contributed by atoms with Crippen molar-refractivity contribution >= 4 is 17.2 Å². The maximum absolute atomic E-state index is 13.5. The van der Waals surface area contributed by atoms with Crippen molar-refractivity contribution in [3.05, 3.63) is 50.7 Å². The van der Waals surface area contributed by atoms with Crippen molar-refractivity contribution in [1.29, 1.82) is 0 Å². The zero-order valence-corrected chi connectivity index (χ0v) is 16.6. The number of hydrogen-bond acceptors (Lipinski definition) is 6. The zero-order chi connectivity index (χ0) is 22.5. The molecule has 10 nitrogen and oxygen atoms in total. The highest BCUT2D eigenvalue weighted by molar-refractivity contribution is 5.93. The summed E-state index contributed by atoms with van der Waals surface area (Å²) in [6.07, 6.45) is -3.08. The van der Waals surface area contributed by atoms with E-state index in [1.807, 2.05) is 0 Å². The molecule has 1 N–H and O–H groups in total. The number of nitrogens with zero attached hydrogens (tertiary/aromatic N) is 6. The lowest BCUT2D eigenvalue weighted by atomic mass is 10.2. The molecule has 1 amide bonds. The molecule has 13 heteroatoms. The molecular formula is C18H18F3N7O3. The summed E-state index contributed by atoms with van der Waals surface area (Å²) in [7, 11) is 0. The van der Waals surface area contributed by atoms with Crippen molar-refractivity contribution in [3.63, 3.8) is 0 Å². The fraction of sp³-hybridized carbons (Fsp3) is 0.444. The van der Waals surface area contributed by atoms with Gasteiger partial charge in [-0.2, -0.15) is 23.4 Å². The summed E-state index contributed by atoms with van der Waals surface area (Å²) >= 11 is 0. The van der Waals surface area contributed by atoms with Gasteiger partial charge >= 0.3 is 11.9 Å². The molecule has 1 fully saturated rings. The van der Waals surface area contributed by atoms with E-state index < -0.39 is 22.7 Å². The molecule has 0 radical (unpaired) electrons. The van der Waals surface area contributed by atoms with E-state index in [0.29, 0.717) is 15.9 Å². The minimum atomic E-state index is -4.64. The summed E-state index contributed by atoms with van der Waals surface area (Å²) in [5.41, 5.74) is -0.376. The molecule has 0 atom stereocenters. The van der Waals surface area contributed by atoms with Crippen molar-refractivity contribution in [2.75, 3.05) is 6.54 Å². The number of hydrogen-bond donors (Lipinski definition) is 1. The first kappa shape index (κ1) is 20.8. The molecule has 1 aliphatic rings. The smallest absolute Gasteiger partial charge is 0.349 e. The number of alkyl halides is 3. The normalized spacial score (nSPS) is 14.2. The maximum Gasteiger partial charge on any atom is 0.433 e. The third-order valence-electron chi connectivity index (χ3n) is 5.10. The highest BCUT2D eigenvalue weighted by Crippen LogP contribution is 2.41. The molecule has 3 aromatic rings. The van der Waals surface area contributed by atoms with Crippen LogP contribution in [0.3, 0.4) is 0 Å². The molecule has 0 aromatic carbocycles. The Morgan fingerprint density at radius 3 is 2.58 bits per heavy atom. The lowest BCUT2D eigenvalue weighted by Gasteiger charge is -2.10. The number of carbonyl (C=O) groups is 1. The average Bonchev–Trinajstić information content (AvgIpc) is 3.36. The van der Waals surface area contributed by atoms with Crippen LogP contribution in [-0.2, 0) is 12.7 Å². The Hall–Kier alpha value is -3.51. The summed E-state index contributed by atoms with van der Waals surface area (Å²) in [6.45, 7) is 3.26. The Bertz CT molecular complexity index is 1190. The number of nitro groups is 1. The minimum absolute atomic E-state index is 0.00287. The van der Waals surface area contributed by atoms with Gasteiger partial charge in [-0.05, 0) is 32.8 Å². The predicted octanol–water partition coefficient (Wildman–Crippen LogP) is 2.78. The molecule has 0 bridgehead atoms. The van der Waals surface area contributed by atoms with E-state index in [1.54, 1.807) is 6.92 Å². The van der Waals surface area contributed by atoms with E-state index in [4.69, 9.17) is 0 Å². The van der Waals surface area contributed by atoms with Crippen LogP contribution in [0.5, 0.6) is 0 Å². The van der Waals surface area contributed by atoms with Crippen molar-refractivity contribution in [1.82, 2.24) is 29.7 Å². The number of aryl methyl sites for hydroxylation is 1. The first-order valence-electron chi connectivity index (χ1n) is 9.50. The number of aromatic nitrogens is 5. The predicted molar refractivity (Wildman–Crippen MR) is 101 cm³/mol. The van der Waals surface area contributed by atoms with Crippen molar-refractivity contribution in [2.45, 2.75) is 45.3 Å². The molecule has 0 unspecified atom stereocenters. The Balaban J connectivity index is 1.52. The molecule has 31 heavy (non-hydrogen) atoms. The Labute approximate surface area is 173 Å². The summed E-state index contributed by atoms with van der Waals surface area (Å²) in [5, 5.41) is 21.5. The molecule has 1 saturated carbocycles. The molecule has 3 heterocycles. The van der Waals surface area contributed by atoms with Crippen LogP contribution in [0.4, 0.5) is 18.9 Å². The quantitative estimate of drug-likeness (QED) is 0.468. The third-order valence-corrected chi connectivity index (χ3v) is 5.10. The van der Waals surface area contributed by atoms with Gasteiger partial charge in [0.05, 0.1) is 11.5 Å². The van der Waals surface area contributed by atoms with Crippen LogP contribution in [-0.4, -0.2) is 41.8 Å². The molecule has 0 spiro atoms. The van der Waals surface area contributed by atoms with Crippen LogP contribution in [0.1, 0.15) is 52.0 Å². The molecule has 0 aliphatic heterocycles. The molecule has 164 valence electrons. The number of carbonyl (C=O) groups excluding carboxylic acids is 1. The average molecular weight is 437 g/mol. The van der Waals surface area contributed by atoms with Gasteiger partial charge in [-0.1, -0.05) is 0 Å².